The zero-order valence-electron chi connectivity index (χ0n) is 10.6. The van der Waals surface area contributed by atoms with Gasteiger partial charge < -0.3 is 4.74 Å². The summed E-state index contributed by atoms with van der Waals surface area (Å²) in [4.78, 5) is 14.0. The van der Waals surface area contributed by atoms with Gasteiger partial charge in [0.25, 0.3) is 0 Å². The largest absolute Gasteiger partial charge is 0.468 e. The van der Waals surface area contributed by atoms with Crippen molar-refractivity contribution in [3.05, 3.63) is 34.3 Å². The standard InChI is InChI=1S/C14H18BrNO2/c1-18-14(17)13-4-2-3-9-16(13)10-11-5-7-12(15)8-6-11/h5-8,13H,2-4,9-10H2,1H3. The van der Waals surface area contributed by atoms with Gasteiger partial charge in [-0.25, -0.2) is 0 Å². The average molecular weight is 312 g/mol. The summed E-state index contributed by atoms with van der Waals surface area (Å²) in [5.74, 6) is -0.105. The second-order valence-electron chi connectivity index (χ2n) is 4.63. The molecule has 0 radical (unpaired) electrons. The van der Waals surface area contributed by atoms with E-state index in [1.165, 1.54) is 12.7 Å². The Morgan fingerprint density at radius 3 is 2.78 bits per heavy atom. The van der Waals surface area contributed by atoms with Gasteiger partial charge in [-0.15, -0.1) is 0 Å². The topological polar surface area (TPSA) is 29.5 Å². The molecule has 1 atom stereocenters. The van der Waals surface area contributed by atoms with E-state index in [4.69, 9.17) is 4.74 Å². The van der Waals surface area contributed by atoms with Crippen molar-refractivity contribution in [1.29, 1.82) is 0 Å². The lowest BCUT2D eigenvalue weighted by molar-refractivity contribution is -0.148. The van der Waals surface area contributed by atoms with Gasteiger partial charge in [0, 0.05) is 11.0 Å². The number of methoxy groups -OCH3 is 1. The van der Waals surface area contributed by atoms with Crippen LogP contribution in [-0.4, -0.2) is 30.6 Å². The lowest BCUT2D eigenvalue weighted by Gasteiger charge is -2.33. The van der Waals surface area contributed by atoms with Crippen molar-refractivity contribution in [2.75, 3.05) is 13.7 Å². The Morgan fingerprint density at radius 1 is 1.39 bits per heavy atom. The highest BCUT2D eigenvalue weighted by atomic mass is 79.9. The van der Waals surface area contributed by atoms with Gasteiger partial charge >= 0.3 is 5.97 Å². The summed E-state index contributed by atoms with van der Waals surface area (Å²) < 4.78 is 5.97. The number of benzene rings is 1. The van der Waals surface area contributed by atoms with Crippen LogP contribution in [0.25, 0.3) is 0 Å². The van der Waals surface area contributed by atoms with Crippen molar-refractivity contribution < 1.29 is 9.53 Å². The Hall–Kier alpha value is -0.870. The van der Waals surface area contributed by atoms with Crippen LogP contribution in [-0.2, 0) is 16.1 Å². The van der Waals surface area contributed by atoms with Crippen LogP contribution in [0.5, 0.6) is 0 Å². The number of likely N-dealkylation sites (tertiary alicyclic amines) is 1. The molecule has 1 unspecified atom stereocenters. The molecule has 0 bridgehead atoms. The number of hydrogen-bond donors (Lipinski definition) is 0. The lowest BCUT2D eigenvalue weighted by atomic mass is 10.0. The molecule has 0 amide bonds. The fourth-order valence-electron chi connectivity index (χ4n) is 2.41. The van der Waals surface area contributed by atoms with Gasteiger partial charge in [0.2, 0.25) is 0 Å². The summed E-state index contributed by atoms with van der Waals surface area (Å²) in [6, 6.07) is 8.17. The minimum absolute atomic E-state index is 0.0765. The van der Waals surface area contributed by atoms with Gasteiger partial charge in [-0.05, 0) is 37.1 Å². The van der Waals surface area contributed by atoms with Crippen molar-refractivity contribution in [2.24, 2.45) is 0 Å². The highest BCUT2D eigenvalue weighted by Gasteiger charge is 2.29. The SMILES string of the molecule is COC(=O)C1CCCCN1Cc1ccc(Br)cc1. The van der Waals surface area contributed by atoms with Gasteiger partial charge in [0.1, 0.15) is 6.04 Å². The van der Waals surface area contributed by atoms with Crippen LogP contribution in [0.4, 0.5) is 0 Å². The predicted octanol–water partition coefficient (Wildman–Crippen LogP) is 2.98. The third-order valence-corrected chi connectivity index (χ3v) is 3.91. The molecular weight excluding hydrogens is 294 g/mol. The molecule has 1 fully saturated rings. The van der Waals surface area contributed by atoms with Crippen molar-refractivity contribution in [3.8, 4) is 0 Å². The maximum atomic E-state index is 11.8. The number of carbonyl (C=O) groups is 1. The van der Waals surface area contributed by atoms with Crippen LogP contribution >= 0.6 is 15.9 Å². The smallest absolute Gasteiger partial charge is 0.323 e. The molecule has 1 aromatic carbocycles. The molecule has 1 saturated heterocycles. The maximum Gasteiger partial charge on any atom is 0.323 e. The molecule has 4 heteroatoms. The Balaban J connectivity index is 2.05. The zero-order valence-corrected chi connectivity index (χ0v) is 12.1. The Labute approximate surface area is 116 Å². The molecule has 2 rings (SSSR count). The number of ether oxygens (including phenoxy) is 1. The van der Waals surface area contributed by atoms with Crippen LogP contribution in [0.1, 0.15) is 24.8 Å². The maximum absolute atomic E-state index is 11.8. The minimum Gasteiger partial charge on any atom is -0.468 e. The third-order valence-electron chi connectivity index (χ3n) is 3.39. The first-order chi connectivity index (χ1) is 8.70. The Bertz CT molecular complexity index is 405. The number of nitrogens with zero attached hydrogens (tertiary/aromatic N) is 1. The van der Waals surface area contributed by atoms with Crippen molar-refractivity contribution >= 4 is 21.9 Å². The number of piperidine rings is 1. The fraction of sp³-hybridized carbons (Fsp3) is 0.500. The molecule has 1 heterocycles. The fourth-order valence-corrected chi connectivity index (χ4v) is 2.67. The summed E-state index contributed by atoms with van der Waals surface area (Å²) in [6.07, 6.45) is 3.17. The number of carbonyl (C=O) groups excluding carboxylic acids is 1. The molecule has 98 valence electrons. The van der Waals surface area contributed by atoms with E-state index in [9.17, 15) is 4.79 Å². The van der Waals surface area contributed by atoms with Crippen LogP contribution < -0.4 is 0 Å². The molecule has 1 aliphatic heterocycles. The van der Waals surface area contributed by atoms with Crippen molar-refractivity contribution in [3.63, 3.8) is 0 Å². The van der Waals surface area contributed by atoms with Gasteiger partial charge in [-0.1, -0.05) is 34.5 Å². The Morgan fingerprint density at radius 2 is 2.11 bits per heavy atom. The first-order valence-electron chi connectivity index (χ1n) is 6.27. The first-order valence-corrected chi connectivity index (χ1v) is 7.06. The van der Waals surface area contributed by atoms with Crippen molar-refractivity contribution in [1.82, 2.24) is 4.90 Å². The summed E-state index contributed by atoms with van der Waals surface area (Å²) in [6.45, 7) is 1.78. The number of halogens is 1. The number of esters is 1. The summed E-state index contributed by atoms with van der Waals surface area (Å²) in [5, 5.41) is 0. The normalized spacial score (nSPS) is 20.7. The van der Waals surface area contributed by atoms with Crippen LogP contribution in [0.2, 0.25) is 0 Å². The van der Waals surface area contributed by atoms with Gasteiger partial charge in [0.05, 0.1) is 7.11 Å². The quantitative estimate of drug-likeness (QED) is 0.804. The highest BCUT2D eigenvalue weighted by Crippen LogP contribution is 2.21. The predicted molar refractivity (Wildman–Crippen MR) is 74.2 cm³/mol. The molecule has 0 aromatic heterocycles. The minimum atomic E-state index is -0.105. The zero-order chi connectivity index (χ0) is 13.0. The summed E-state index contributed by atoms with van der Waals surface area (Å²) >= 11 is 3.43. The molecule has 3 nitrogen and oxygen atoms in total. The molecule has 1 aliphatic rings. The van der Waals surface area contributed by atoms with Crippen LogP contribution in [0.15, 0.2) is 28.7 Å². The molecule has 0 spiro atoms. The van der Waals surface area contributed by atoms with Crippen molar-refractivity contribution in [2.45, 2.75) is 31.8 Å². The second-order valence-corrected chi connectivity index (χ2v) is 5.55. The van der Waals surface area contributed by atoms with Gasteiger partial charge in [-0.3, -0.25) is 9.69 Å². The van der Waals surface area contributed by atoms with Gasteiger partial charge in [0.15, 0.2) is 0 Å². The first kappa shape index (κ1) is 13.6. The molecule has 1 aromatic rings. The number of hydrogen-bond acceptors (Lipinski definition) is 3. The summed E-state index contributed by atoms with van der Waals surface area (Å²) in [7, 11) is 1.47. The lowest BCUT2D eigenvalue weighted by Crippen LogP contribution is -2.44. The summed E-state index contributed by atoms with van der Waals surface area (Å²) in [5.41, 5.74) is 1.23. The highest BCUT2D eigenvalue weighted by molar-refractivity contribution is 9.10. The average Bonchev–Trinajstić information content (AvgIpc) is 2.41. The molecular formula is C14H18BrNO2. The van der Waals surface area contributed by atoms with Crippen LogP contribution in [0, 0.1) is 0 Å². The van der Waals surface area contributed by atoms with Crippen LogP contribution in [0.3, 0.4) is 0 Å². The van der Waals surface area contributed by atoms with E-state index in [2.05, 4.69) is 33.0 Å². The number of rotatable bonds is 3. The van der Waals surface area contributed by atoms with E-state index in [-0.39, 0.29) is 12.0 Å². The van der Waals surface area contributed by atoms with E-state index in [0.29, 0.717) is 0 Å². The molecule has 0 N–H and O–H groups in total. The van der Waals surface area contributed by atoms with E-state index in [1.54, 1.807) is 0 Å². The Kier molecular flexibility index (Phi) is 4.78. The third kappa shape index (κ3) is 3.33. The molecule has 18 heavy (non-hydrogen) atoms. The second kappa shape index (κ2) is 6.34. The molecule has 0 aliphatic carbocycles. The molecule has 0 saturated carbocycles. The monoisotopic (exact) mass is 311 g/mol. The van der Waals surface area contributed by atoms with Gasteiger partial charge in [-0.2, -0.15) is 0 Å². The van der Waals surface area contributed by atoms with E-state index < -0.39 is 0 Å². The van der Waals surface area contributed by atoms with E-state index >= 15 is 0 Å². The van der Waals surface area contributed by atoms with E-state index in [1.807, 2.05) is 12.1 Å². The van der Waals surface area contributed by atoms with E-state index in [0.717, 1.165) is 36.8 Å².